The molecule has 0 bridgehead atoms. The van der Waals surface area contributed by atoms with Crippen LogP contribution in [0, 0.1) is 23.2 Å². The van der Waals surface area contributed by atoms with Crippen molar-refractivity contribution in [1.29, 1.82) is 5.26 Å². The molecule has 0 unspecified atom stereocenters. The Labute approximate surface area is 75.0 Å². The average Bonchev–Trinajstić information content (AvgIpc) is 2.09. The Morgan fingerprint density at radius 2 is 2.08 bits per heavy atom. The monoisotopic (exact) mass is 177 g/mol. The summed E-state index contributed by atoms with van der Waals surface area (Å²) in [4.78, 5) is 7.45. The fourth-order valence-electron chi connectivity index (χ4n) is 0.563. The first kappa shape index (κ1) is 8.52. The molecule has 0 spiro atoms. The molecule has 0 aliphatic heterocycles. The van der Waals surface area contributed by atoms with E-state index in [9.17, 15) is 0 Å². The lowest BCUT2D eigenvalue weighted by molar-refractivity contribution is 1.16. The van der Waals surface area contributed by atoms with Crippen LogP contribution in [0.3, 0.4) is 0 Å². The molecule has 0 N–H and O–H groups in total. The average molecular weight is 178 g/mol. The zero-order valence-electron chi connectivity index (χ0n) is 6.08. The van der Waals surface area contributed by atoms with Crippen LogP contribution in [-0.4, -0.2) is 9.97 Å². The second-order valence-corrected chi connectivity index (χ2v) is 2.22. The van der Waals surface area contributed by atoms with E-state index in [2.05, 4.69) is 21.8 Å². The van der Waals surface area contributed by atoms with Crippen LogP contribution in [0.1, 0.15) is 12.0 Å². The maximum atomic E-state index is 8.18. The maximum absolute atomic E-state index is 8.18. The lowest BCUT2D eigenvalue weighted by atomic mass is 10.3. The van der Waals surface area contributed by atoms with Crippen molar-refractivity contribution < 1.29 is 0 Å². The van der Waals surface area contributed by atoms with Gasteiger partial charge in [0.1, 0.15) is 0 Å². The summed E-state index contributed by atoms with van der Waals surface area (Å²) in [5.41, 5.74) is 0.662. The summed E-state index contributed by atoms with van der Waals surface area (Å²) < 4.78 is 0. The maximum Gasteiger partial charge on any atom is 0.222 e. The van der Waals surface area contributed by atoms with E-state index in [1.807, 2.05) is 6.07 Å². The molecule has 12 heavy (non-hydrogen) atoms. The van der Waals surface area contributed by atoms with Gasteiger partial charge in [0.25, 0.3) is 0 Å². The van der Waals surface area contributed by atoms with Crippen LogP contribution in [0.2, 0.25) is 5.28 Å². The molecule has 0 atom stereocenters. The molecule has 0 fully saturated rings. The van der Waals surface area contributed by atoms with E-state index < -0.39 is 0 Å². The van der Waals surface area contributed by atoms with Crippen molar-refractivity contribution in [2.24, 2.45) is 0 Å². The molecule has 0 aliphatic rings. The fourth-order valence-corrected chi connectivity index (χ4v) is 0.660. The molecular weight excluding hydrogens is 174 g/mol. The Morgan fingerprint density at radius 3 is 2.67 bits per heavy atom. The van der Waals surface area contributed by atoms with E-state index in [0.717, 1.165) is 0 Å². The fraction of sp³-hybridized carbons (Fsp3) is 0.125. The predicted octanol–water partition coefficient (Wildman–Crippen LogP) is 1.40. The van der Waals surface area contributed by atoms with E-state index in [-0.39, 0.29) is 11.7 Å². The molecule has 1 aromatic rings. The smallest absolute Gasteiger partial charge is 0.222 e. The summed E-state index contributed by atoms with van der Waals surface area (Å²) in [6.45, 7) is 0. The summed E-state index contributed by atoms with van der Waals surface area (Å²) in [6.07, 6.45) is 3.24. The molecular formula is C8H4ClN3. The molecule has 0 radical (unpaired) electrons. The highest BCUT2D eigenvalue weighted by Crippen LogP contribution is 1.98. The van der Waals surface area contributed by atoms with Gasteiger partial charge in [0.15, 0.2) is 0 Å². The topological polar surface area (TPSA) is 49.6 Å². The predicted molar refractivity (Wildman–Crippen MR) is 44.2 cm³/mol. The summed E-state index contributed by atoms with van der Waals surface area (Å²) in [6, 6.07) is 1.91. The van der Waals surface area contributed by atoms with Gasteiger partial charge in [-0.2, -0.15) is 5.26 Å². The quantitative estimate of drug-likeness (QED) is 0.445. The first-order chi connectivity index (χ1) is 5.83. The third kappa shape index (κ3) is 2.57. The molecule has 1 rings (SSSR count). The van der Waals surface area contributed by atoms with Crippen molar-refractivity contribution in [2.75, 3.05) is 0 Å². The lowest BCUT2D eigenvalue weighted by Gasteiger charge is -1.87. The van der Waals surface area contributed by atoms with Crippen LogP contribution >= 0.6 is 11.6 Å². The van der Waals surface area contributed by atoms with Gasteiger partial charge in [-0.25, -0.2) is 9.97 Å². The van der Waals surface area contributed by atoms with Crippen LogP contribution in [0.5, 0.6) is 0 Å². The van der Waals surface area contributed by atoms with Crippen molar-refractivity contribution in [1.82, 2.24) is 9.97 Å². The number of rotatable bonds is 0. The standard InChI is InChI=1S/C8H4ClN3/c9-8-11-5-7(6-12-8)3-1-2-4-10/h5-6H,2H2. The van der Waals surface area contributed by atoms with E-state index >= 15 is 0 Å². The van der Waals surface area contributed by atoms with Gasteiger partial charge >= 0.3 is 0 Å². The number of nitrogens with zero attached hydrogens (tertiary/aromatic N) is 3. The SMILES string of the molecule is N#CCC#Cc1cnc(Cl)nc1. The number of hydrogen-bond donors (Lipinski definition) is 0. The van der Waals surface area contributed by atoms with Gasteiger partial charge in [-0.05, 0) is 11.6 Å². The van der Waals surface area contributed by atoms with Crippen LogP contribution in [-0.2, 0) is 0 Å². The third-order valence-electron chi connectivity index (χ3n) is 1.02. The summed E-state index contributed by atoms with van der Waals surface area (Å²) in [5, 5.41) is 8.38. The molecule has 0 saturated carbocycles. The van der Waals surface area contributed by atoms with Gasteiger partial charge in [0.2, 0.25) is 5.28 Å². The molecule has 0 aromatic carbocycles. The summed E-state index contributed by atoms with van der Waals surface area (Å²) in [7, 11) is 0. The van der Waals surface area contributed by atoms with Crippen LogP contribution in [0.25, 0.3) is 0 Å². The summed E-state index contributed by atoms with van der Waals surface area (Å²) in [5.74, 6) is 5.35. The third-order valence-corrected chi connectivity index (χ3v) is 1.22. The van der Waals surface area contributed by atoms with Gasteiger partial charge < -0.3 is 0 Å². The second kappa shape index (κ2) is 4.33. The van der Waals surface area contributed by atoms with E-state index in [1.165, 1.54) is 12.4 Å². The van der Waals surface area contributed by atoms with E-state index in [4.69, 9.17) is 16.9 Å². The van der Waals surface area contributed by atoms with Gasteiger partial charge in [0, 0.05) is 12.4 Å². The Morgan fingerprint density at radius 1 is 1.42 bits per heavy atom. The molecule has 0 amide bonds. The minimum absolute atomic E-state index is 0.195. The van der Waals surface area contributed by atoms with Crippen LogP contribution < -0.4 is 0 Å². The van der Waals surface area contributed by atoms with Gasteiger partial charge in [-0.3, -0.25) is 0 Å². The Kier molecular flexibility index (Phi) is 3.07. The van der Waals surface area contributed by atoms with Crippen molar-refractivity contribution in [3.05, 3.63) is 23.2 Å². The van der Waals surface area contributed by atoms with Crippen molar-refractivity contribution in [3.63, 3.8) is 0 Å². The zero-order valence-corrected chi connectivity index (χ0v) is 6.84. The molecule has 0 aliphatic carbocycles. The molecule has 3 nitrogen and oxygen atoms in total. The Balaban J connectivity index is 2.74. The Bertz CT molecular complexity index is 353. The molecule has 1 heterocycles. The normalized spacial score (nSPS) is 8.00. The van der Waals surface area contributed by atoms with E-state index in [0.29, 0.717) is 5.56 Å². The van der Waals surface area contributed by atoms with Crippen LogP contribution in [0.4, 0.5) is 0 Å². The Hall–Kier alpha value is -1.58. The number of aromatic nitrogens is 2. The number of halogens is 1. The van der Waals surface area contributed by atoms with E-state index in [1.54, 1.807) is 0 Å². The molecule has 0 saturated heterocycles. The van der Waals surface area contributed by atoms with Crippen molar-refractivity contribution in [2.45, 2.75) is 6.42 Å². The lowest BCUT2D eigenvalue weighted by Crippen LogP contribution is -1.82. The zero-order chi connectivity index (χ0) is 8.81. The molecule has 4 heteroatoms. The molecule has 58 valence electrons. The summed E-state index contributed by atoms with van der Waals surface area (Å²) >= 11 is 5.45. The highest BCUT2D eigenvalue weighted by molar-refractivity contribution is 6.28. The largest absolute Gasteiger partial charge is 0.225 e. The minimum Gasteiger partial charge on any atom is -0.225 e. The second-order valence-electron chi connectivity index (χ2n) is 1.88. The van der Waals surface area contributed by atoms with Crippen LogP contribution in [0.15, 0.2) is 12.4 Å². The van der Waals surface area contributed by atoms with Gasteiger partial charge in [-0.1, -0.05) is 11.8 Å². The number of nitriles is 1. The minimum atomic E-state index is 0.195. The van der Waals surface area contributed by atoms with Gasteiger partial charge in [0.05, 0.1) is 18.1 Å². The van der Waals surface area contributed by atoms with Crippen molar-refractivity contribution in [3.8, 4) is 17.9 Å². The first-order valence-corrected chi connectivity index (χ1v) is 3.54. The highest BCUT2D eigenvalue weighted by Gasteiger charge is 1.88. The molecule has 1 aromatic heterocycles. The number of hydrogen-bond acceptors (Lipinski definition) is 3. The highest BCUT2D eigenvalue weighted by atomic mass is 35.5. The van der Waals surface area contributed by atoms with Crippen molar-refractivity contribution >= 4 is 11.6 Å². The first-order valence-electron chi connectivity index (χ1n) is 3.16. The van der Waals surface area contributed by atoms with Gasteiger partial charge in [-0.15, -0.1) is 0 Å².